The minimum absolute atomic E-state index is 0.320. The molecule has 1 fully saturated rings. The van der Waals surface area contributed by atoms with Crippen molar-refractivity contribution in [1.82, 2.24) is 4.98 Å². The molecule has 1 aliphatic rings. The van der Waals surface area contributed by atoms with E-state index in [9.17, 15) is 0 Å². The number of pyridine rings is 1. The molecule has 0 saturated carbocycles. The number of rotatable bonds is 3. The molecule has 0 unspecified atom stereocenters. The maximum atomic E-state index is 6.08. The quantitative estimate of drug-likeness (QED) is 0.801. The first-order valence-electron chi connectivity index (χ1n) is 7.60. The Bertz CT molecular complexity index is 513. The zero-order valence-electron chi connectivity index (χ0n) is 14.5. The summed E-state index contributed by atoms with van der Waals surface area (Å²) in [7, 11) is 1.72. The lowest BCUT2D eigenvalue weighted by Crippen LogP contribution is -2.41. The largest absolute Gasteiger partial charge is 0.496 e. The van der Waals surface area contributed by atoms with Gasteiger partial charge in [0.15, 0.2) is 0 Å². The molecule has 0 atom stereocenters. The first kappa shape index (κ1) is 16.3. The Kier molecular flexibility index (Phi) is 4.11. The van der Waals surface area contributed by atoms with Crippen molar-refractivity contribution < 1.29 is 9.31 Å². The number of aromatic nitrogens is 1. The summed E-state index contributed by atoms with van der Waals surface area (Å²) in [6.07, 6.45) is 1.86. The van der Waals surface area contributed by atoms with E-state index in [4.69, 9.17) is 9.31 Å². The van der Waals surface area contributed by atoms with Crippen molar-refractivity contribution in [3.8, 4) is 0 Å². The molecular weight excluding hydrogens is 263 g/mol. The second-order valence-corrected chi connectivity index (χ2v) is 7.20. The van der Waals surface area contributed by atoms with Gasteiger partial charge in [-0.25, -0.2) is 4.98 Å². The van der Waals surface area contributed by atoms with Crippen LogP contribution in [0.1, 0.15) is 47.1 Å². The van der Waals surface area contributed by atoms with Crippen LogP contribution in [0.15, 0.2) is 12.3 Å². The molecule has 0 amide bonds. The average Bonchev–Trinajstić information content (AvgIpc) is 2.57. The van der Waals surface area contributed by atoms with Gasteiger partial charge in [0.25, 0.3) is 0 Å². The summed E-state index contributed by atoms with van der Waals surface area (Å²) in [5, 5.41) is 0. The Labute approximate surface area is 129 Å². The van der Waals surface area contributed by atoms with Gasteiger partial charge < -0.3 is 14.2 Å². The Morgan fingerprint density at radius 2 is 1.67 bits per heavy atom. The van der Waals surface area contributed by atoms with Gasteiger partial charge in [0.1, 0.15) is 5.82 Å². The van der Waals surface area contributed by atoms with Crippen LogP contribution in [-0.4, -0.2) is 36.4 Å². The fraction of sp³-hybridized carbons (Fsp3) is 0.688. The highest BCUT2D eigenvalue weighted by Gasteiger charge is 2.51. The molecule has 0 radical (unpaired) electrons. The lowest BCUT2D eigenvalue weighted by atomic mass is 9.79. The van der Waals surface area contributed by atoms with Crippen molar-refractivity contribution in [2.45, 2.75) is 65.7 Å². The van der Waals surface area contributed by atoms with Crippen LogP contribution in [0.25, 0.3) is 0 Å². The molecule has 21 heavy (non-hydrogen) atoms. The zero-order chi connectivity index (χ0) is 16.0. The first-order chi connectivity index (χ1) is 9.55. The highest BCUT2D eigenvalue weighted by atomic mass is 16.7. The summed E-state index contributed by atoms with van der Waals surface area (Å²) in [4.78, 5) is 6.78. The predicted octanol–water partition coefficient (Wildman–Crippen LogP) is 2.53. The van der Waals surface area contributed by atoms with Gasteiger partial charge in [-0.3, -0.25) is 0 Å². The van der Waals surface area contributed by atoms with Crippen LogP contribution >= 0.6 is 0 Å². The van der Waals surface area contributed by atoms with Crippen molar-refractivity contribution in [2.75, 3.05) is 11.9 Å². The molecule has 116 valence electrons. The van der Waals surface area contributed by atoms with Gasteiger partial charge in [0.05, 0.1) is 11.2 Å². The summed E-state index contributed by atoms with van der Waals surface area (Å²) >= 11 is 0. The molecule has 2 rings (SSSR count). The topological polar surface area (TPSA) is 34.6 Å². The molecule has 4 nitrogen and oxygen atoms in total. The van der Waals surface area contributed by atoms with E-state index < -0.39 is 0 Å². The monoisotopic (exact) mass is 290 g/mol. The fourth-order valence-corrected chi connectivity index (χ4v) is 2.31. The van der Waals surface area contributed by atoms with Crippen molar-refractivity contribution in [1.29, 1.82) is 0 Å². The molecule has 1 aromatic heterocycles. The SMILES string of the molecule is Cc1cc(B2OC(C)(C)C(C)(C)O2)cnc1N(C)C(C)C. The molecule has 0 aliphatic carbocycles. The van der Waals surface area contributed by atoms with E-state index in [2.05, 4.69) is 71.5 Å². The van der Waals surface area contributed by atoms with Crippen molar-refractivity contribution in [3.63, 3.8) is 0 Å². The maximum absolute atomic E-state index is 6.08. The van der Waals surface area contributed by atoms with E-state index in [1.54, 1.807) is 0 Å². The first-order valence-corrected chi connectivity index (χ1v) is 7.60. The summed E-state index contributed by atoms with van der Waals surface area (Å²) < 4.78 is 12.2. The third kappa shape index (κ3) is 2.95. The van der Waals surface area contributed by atoms with Gasteiger partial charge in [0.2, 0.25) is 0 Å². The van der Waals surface area contributed by atoms with E-state index in [1.165, 1.54) is 0 Å². The Morgan fingerprint density at radius 3 is 2.10 bits per heavy atom. The molecular formula is C16H27BN2O2. The van der Waals surface area contributed by atoms with E-state index >= 15 is 0 Å². The van der Waals surface area contributed by atoms with Crippen LogP contribution in [0.3, 0.4) is 0 Å². The van der Waals surface area contributed by atoms with Crippen LogP contribution in [0.2, 0.25) is 0 Å². The van der Waals surface area contributed by atoms with Gasteiger partial charge in [-0.1, -0.05) is 6.07 Å². The van der Waals surface area contributed by atoms with Crippen LogP contribution in [0, 0.1) is 6.92 Å². The molecule has 2 heterocycles. The highest BCUT2D eigenvalue weighted by molar-refractivity contribution is 6.62. The van der Waals surface area contributed by atoms with Crippen molar-refractivity contribution in [3.05, 3.63) is 17.8 Å². The second kappa shape index (κ2) is 5.29. The zero-order valence-corrected chi connectivity index (χ0v) is 14.5. The molecule has 5 heteroatoms. The average molecular weight is 290 g/mol. The lowest BCUT2D eigenvalue weighted by Gasteiger charge is -2.32. The smallest absolute Gasteiger partial charge is 0.399 e. The molecule has 0 aromatic carbocycles. The minimum Gasteiger partial charge on any atom is -0.399 e. The molecule has 1 aromatic rings. The number of anilines is 1. The number of aryl methyl sites for hydroxylation is 1. The van der Waals surface area contributed by atoms with E-state index in [-0.39, 0.29) is 18.3 Å². The van der Waals surface area contributed by atoms with Gasteiger partial charge in [-0.05, 0) is 54.0 Å². The van der Waals surface area contributed by atoms with Gasteiger partial charge in [-0.15, -0.1) is 0 Å². The van der Waals surface area contributed by atoms with Crippen LogP contribution in [0.4, 0.5) is 5.82 Å². The van der Waals surface area contributed by atoms with Gasteiger partial charge in [0, 0.05) is 24.7 Å². The summed E-state index contributed by atoms with van der Waals surface area (Å²) in [5.74, 6) is 1.00. The highest BCUT2D eigenvalue weighted by Crippen LogP contribution is 2.36. The Hall–Kier alpha value is -1.07. The normalized spacial score (nSPS) is 20.1. The summed E-state index contributed by atoms with van der Waals surface area (Å²) in [6.45, 7) is 14.6. The molecule has 0 spiro atoms. The summed E-state index contributed by atoms with van der Waals surface area (Å²) in [5.41, 5.74) is 1.48. The van der Waals surface area contributed by atoms with Crippen LogP contribution in [0.5, 0.6) is 0 Å². The third-order valence-corrected chi connectivity index (χ3v) is 4.71. The number of hydrogen-bond donors (Lipinski definition) is 0. The predicted molar refractivity (Wildman–Crippen MR) is 88.2 cm³/mol. The Balaban J connectivity index is 2.26. The van der Waals surface area contributed by atoms with Crippen LogP contribution in [-0.2, 0) is 9.31 Å². The number of nitrogens with zero attached hydrogens (tertiary/aromatic N) is 2. The second-order valence-electron chi connectivity index (χ2n) is 7.20. The van der Waals surface area contributed by atoms with E-state index in [0.717, 1.165) is 16.8 Å². The van der Waals surface area contributed by atoms with Gasteiger partial charge >= 0.3 is 7.12 Å². The third-order valence-electron chi connectivity index (χ3n) is 4.71. The van der Waals surface area contributed by atoms with E-state index in [0.29, 0.717) is 6.04 Å². The number of hydrogen-bond acceptors (Lipinski definition) is 4. The summed E-state index contributed by atoms with van der Waals surface area (Å²) in [6, 6.07) is 2.53. The maximum Gasteiger partial charge on any atom is 0.496 e. The van der Waals surface area contributed by atoms with Crippen LogP contribution < -0.4 is 10.4 Å². The van der Waals surface area contributed by atoms with Crippen molar-refractivity contribution >= 4 is 18.4 Å². The van der Waals surface area contributed by atoms with Gasteiger partial charge in [-0.2, -0.15) is 0 Å². The standard InChI is InChI=1S/C16H27BN2O2/c1-11(2)19(8)14-12(3)9-13(10-18-14)17-20-15(4,5)16(6,7)21-17/h9-11H,1-8H3. The molecule has 0 bridgehead atoms. The minimum atomic E-state index is -0.348. The fourth-order valence-electron chi connectivity index (χ4n) is 2.31. The molecule has 1 saturated heterocycles. The molecule has 1 aliphatic heterocycles. The lowest BCUT2D eigenvalue weighted by molar-refractivity contribution is 0.00578. The molecule has 0 N–H and O–H groups in total. The van der Waals surface area contributed by atoms with E-state index in [1.807, 2.05) is 6.20 Å². The Morgan fingerprint density at radius 1 is 1.14 bits per heavy atom. The van der Waals surface area contributed by atoms with Crippen molar-refractivity contribution in [2.24, 2.45) is 0 Å².